The normalized spacial score (nSPS) is 17.1. The van der Waals surface area contributed by atoms with Gasteiger partial charge in [0.1, 0.15) is 16.5 Å². The van der Waals surface area contributed by atoms with Gasteiger partial charge in [-0.1, -0.05) is 12.1 Å². The highest BCUT2D eigenvalue weighted by molar-refractivity contribution is 7.13. The number of thiazole rings is 1. The molecule has 4 nitrogen and oxygen atoms in total. The minimum absolute atomic E-state index is 0. The molecule has 8 heteroatoms. The fourth-order valence-electron chi connectivity index (χ4n) is 2.42. The molecule has 2 heterocycles. The first-order chi connectivity index (χ1) is 10.2. The van der Waals surface area contributed by atoms with Crippen molar-refractivity contribution in [1.29, 1.82) is 0 Å². The highest BCUT2D eigenvalue weighted by atomic mass is 35.5. The van der Waals surface area contributed by atoms with Crippen molar-refractivity contribution < 1.29 is 9.18 Å². The van der Waals surface area contributed by atoms with E-state index in [1.54, 1.807) is 23.6 Å². The maximum absolute atomic E-state index is 13.8. The summed E-state index contributed by atoms with van der Waals surface area (Å²) in [7, 11) is 0. The lowest BCUT2D eigenvalue weighted by atomic mass is 10.2. The van der Waals surface area contributed by atoms with Crippen molar-refractivity contribution in [3.05, 3.63) is 41.2 Å². The summed E-state index contributed by atoms with van der Waals surface area (Å²) < 4.78 is 13.8. The van der Waals surface area contributed by atoms with Crippen LogP contribution in [0.5, 0.6) is 0 Å². The summed E-state index contributed by atoms with van der Waals surface area (Å²) in [5.74, 6) is -0.399. The summed E-state index contributed by atoms with van der Waals surface area (Å²) in [6, 6.07) is 6.62. The smallest absolute Gasteiger partial charge is 0.273 e. The highest BCUT2D eigenvalue weighted by Crippen LogP contribution is 2.26. The second-order valence-electron chi connectivity index (χ2n) is 5.07. The molecule has 0 radical (unpaired) electrons. The standard InChI is InChI=1S/C15H16FN3OS.2ClH/c1-10-8-17-6-7-19(10)15(20)13-9-21-14(18-13)11-4-2-3-5-12(11)16;;/h2-5,9-10,17H,6-8H2,1H3;2*1H/t10-;;/m1../s1. The van der Waals surface area contributed by atoms with Gasteiger partial charge in [-0.2, -0.15) is 0 Å². The number of carbonyl (C=O) groups is 1. The molecular formula is C15H18Cl2FN3OS. The molecule has 1 atom stereocenters. The lowest BCUT2D eigenvalue weighted by Crippen LogP contribution is -2.52. The average Bonchev–Trinajstić information content (AvgIpc) is 2.97. The Morgan fingerprint density at radius 3 is 2.83 bits per heavy atom. The molecule has 0 saturated carbocycles. The molecular weight excluding hydrogens is 360 g/mol. The van der Waals surface area contributed by atoms with E-state index in [0.29, 0.717) is 22.8 Å². The fourth-order valence-corrected chi connectivity index (χ4v) is 3.24. The van der Waals surface area contributed by atoms with Crippen molar-refractivity contribution in [2.75, 3.05) is 19.6 Å². The Kier molecular flexibility index (Phi) is 7.41. The van der Waals surface area contributed by atoms with Crippen LogP contribution in [0.4, 0.5) is 4.39 Å². The number of nitrogens with zero attached hydrogens (tertiary/aromatic N) is 2. The number of aromatic nitrogens is 1. The number of hydrogen-bond donors (Lipinski definition) is 1. The Balaban J connectivity index is 0.00000132. The molecule has 2 aromatic rings. The molecule has 23 heavy (non-hydrogen) atoms. The number of halogens is 3. The molecule has 0 unspecified atom stereocenters. The van der Waals surface area contributed by atoms with Crippen molar-refractivity contribution in [3.63, 3.8) is 0 Å². The van der Waals surface area contributed by atoms with Crippen LogP contribution in [0.15, 0.2) is 29.6 Å². The molecule has 1 aromatic heterocycles. The third-order valence-corrected chi connectivity index (χ3v) is 4.47. The largest absolute Gasteiger partial charge is 0.332 e. The van der Waals surface area contributed by atoms with E-state index in [2.05, 4.69) is 10.3 Å². The van der Waals surface area contributed by atoms with Crippen LogP contribution in [-0.4, -0.2) is 41.5 Å². The topological polar surface area (TPSA) is 45.2 Å². The van der Waals surface area contributed by atoms with Gasteiger partial charge >= 0.3 is 0 Å². The van der Waals surface area contributed by atoms with Crippen molar-refractivity contribution in [1.82, 2.24) is 15.2 Å². The number of nitrogens with one attached hydrogen (secondary N) is 1. The van der Waals surface area contributed by atoms with Gasteiger partial charge in [-0.25, -0.2) is 9.37 Å². The molecule has 0 spiro atoms. The van der Waals surface area contributed by atoms with E-state index in [1.165, 1.54) is 17.4 Å². The van der Waals surface area contributed by atoms with Crippen molar-refractivity contribution >= 4 is 42.1 Å². The van der Waals surface area contributed by atoms with E-state index >= 15 is 0 Å². The van der Waals surface area contributed by atoms with Gasteiger partial charge in [0, 0.05) is 36.6 Å². The number of rotatable bonds is 2. The predicted molar refractivity (Wildman–Crippen MR) is 95.4 cm³/mol. The van der Waals surface area contributed by atoms with Crippen molar-refractivity contribution in [2.45, 2.75) is 13.0 Å². The quantitative estimate of drug-likeness (QED) is 0.873. The van der Waals surface area contributed by atoms with Crippen LogP contribution in [0.3, 0.4) is 0 Å². The summed E-state index contributed by atoms with van der Waals surface area (Å²) >= 11 is 1.30. The van der Waals surface area contributed by atoms with Gasteiger partial charge in [0.2, 0.25) is 0 Å². The van der Waals surface area contributed by atoms with Crippen LogP contribution in [0.25, 0.3) is 10.6 Å². The van der Waals surface area contributed by atoms with E-state index in [0.717, 1.165) is 13.1 Å². The van der Waals surface area contributed by atoms with E-state index in [1.807, 2.05) is 11.8 Å². The number of benzene rings is 1. The minimum atomic E-state index is -0.318. The molecule has 1 aromatic carbocycles. The van der Waals surface area contributed by atoms with Crippen LogP contribution >= 0.6 is 36.2 Å². The highest BCUT2D eigenvalue weighted by Gasteiger charge is 2.26. The maximum atomic E-state index is 13.8. The van der Waals surface area contributed by atoms with Crippen LogP contribution in [0.1, 0.15) is 17.4 Å². The Hall–Kier alpha value is -1.21. The summed E-state index contributed by atoms with van der Waals surface area (Å²) in [5.41, 5.74) is 0.835. The lowest BCUT2D eigenvalue weighted by molar-refractivity contribution is 0.0650. The predicted octanol–water partition coefficient (Wildman–Crippen LogP) is 3.23. The Morgan fingerprint density at radius 1 is 1.39 bits per heavy atom. The average molecular weight is 378 g/mol. The van der Waals surface area contributed by atoms with Gasteiger partial charge in [0.05, 0.1) is 0 Å². The second kappa shape index (κ2) is 8.59. The lowest BCUT2D eigenvalue weighted by Gasteiger charge is -2.33. The van der Waals surface area contributed by atoms with E-state index < -0.39 is 0 Å². The fraction of sp³-hybridized carbons (Fsp3) is 0.333. The third-order valence-electron chi connectivity index (χ3n) is 3.59. The van der Waals surface area contributed by atoms with Gasteiger partial charge in [0.15, 0.2) is 0 Å². The van der Waals surface area contributed by atoms with Crippen LogP contribution in [0.2, 0.25) is 0 Å². The second-order valence-corrected chi connectivity index (χ2v) is 5.93. The van der Waals surface area contributed by atoms with Crippen LogP contribution in [-0.2, 0) is 0 Å². The first-order valence-electron chi connectivity index (χ1n) is 6.89. The molecule has 1 fully saturated rings. The van der Waals surface area contributed by atoms with Crippen molar-refractivity contribution in [2.24, 2.45) is 0 Å². The molecule has 0 bridgehead atoms. The van der Waals surface area contributed by atoms with Gasteiger partial charge < -0.3 is 10.2 Å². The summed E-state index contributed by atoms with van der Waals surface area (Å²) in [6.07, 6.45) is 0. The Labute approximate surface area is 150 Å². The Bertz CT molecular complexity index is 668. The summed E-state index contributed by atoms with van der Waals surface area (Å²) in [4.78, 5) is 18.6. The molecule has 126 valence electrons. The molecule has 1 saturated heterocycles. The number of hydrogen-bond acceptors (Lipinski definition) is 4. The molecule has 0 aliphatic carbocycles. The third kappa shape index (κ3) is 4.20. The molecule has 1 amide bonds. The molecule has 3 rings (SSSR count). The first-order valence-corrected chi connectivity index (χ1v) is 7.77. The zero-order valence-corrected chi connectivity index (χ0v) is 14.9. The van der Waals surface area contributed by atoms with Crippen molar-refractivity contribution in [3.8, 4) is 10.6 Å². The van der Waals surface area contributed by atoms with Gasteiger partial charge in [-0.05, 0) is 19.1 Å². The van der Waals surface area contributed by atoms with Gasteiger partial charge in [-0.3, -0.25) is 4.79 Å². The van der Waals surface area contributed by atoms with E-state index in [4.69, 9.17) is 0 Å². The van der Waals surface area contributed by atoms with Gasteiger partial charge in [-0.15, -0.1) is 36.2 Å². The molecule has 1 N–H and O–H groups in total. The first kappa shape index (κ1) is 19.8. The minimum Gasteiger partial charge on any atom is -0.332 e. The number of piperazine rings is 1. The molecule has 1 aliphatic rings. The Morgan fingerprint density at radius 2 is 2.13 bits per heavy atom. The summed E-state index contributed by atoms with van der Waals surface area (Å²) in [5, 5.41) is 5.50. The number of carbonyl (C=O) groups excluding carboxylic acids is 1. The number of amides is 1. The van der Waals surface area contributed by atoms with E-state index in [-0.39, 0.29) is 42.6 Å². The van der Waals surface area contributed by atoms with Crippen LogP contribution in [0, 0.1) is 5.82 Å². The van der Waals surface area contributed by atoms with E-state index in [9.17, 15) is 9.18 Å². The maximum Gasteiger partial charge on any atom is 0.273 e. The zero-order chi connectivity index (χ0) is 14.8. The molecule has 1 aliphatic heterocycles. The summed E-state index contributed by atoms with van der Waals surface area (Å²) in [6.45, 7) is 4.26. The van der Waals surface area contributed by atoms with Crippen LogP contribution < -0.4 is 5.32 Å². The monoisotopic (exact) mass is 377 g/mol. The zero-order valence-electron chi connectivity index (χ0n) is 12.5. The van der Waals surface area contributed by atoms with Gasteiger partial charge in [0.25, 0.3) is 5.91 Å². The SMILES string of the molecule is C[C@@H]1CNCCN1C(=O)c1csc(-c2ccccc2F)n1.Cl.Cl.